The lowest BCUT2D eigenvalue weighted by atomic mass is 9.95. The number of anilines is 1. The lowest BCUT2D eigenvalue weighted by Gasteiger charge is -2.16. The Morgan fingerprint density at radius 2 is 1.56 bits per heavy atom. The second-order valence-corrected chi connectivity index (χ2v) is 6.31. The maximum atomic E-state index is 12.5. The van der Waals surface area contributed by atoms with E-state index in [1.807, 2.05) is 13.8 Å². The number of carbonyl (C=O) groups excluding carboxylic acids is 3. The van der Waals surface area contributed by atoms with Crippen molar-refractivity contribution in [3.63, 3.8) is 0 Å². The Morgan fingerprint density at radius 1 is 0.963 bits per heavy atom. The Labute approximate surface area is 157 Å². The minimum Gasteiger partial charge on any atom is -0.460 e. The lowest BCUT2D eigenvalue weighted by Crippen LogP contribution is -2.33. The van der Waals surface area contributed by atoms with Gasteiger partial charge in [0.1, 0.15) is 6.61 Å². The van der Waals surface area contributed by atoms with Crippen molar-refractivity contribution in [3.8, 4) is 0 Å². The van der Waals surface area contributed by atoms with Crippen molar-refractivity contribution in [1.29, 1.82) is 0 Å². The van der Waals surface area contributed by atoms with Crippen LogP contribution in [0.15, 0.2) is 36.4 Å². The van der Waals surface area contributed by atoms with Crippen LogP contribution in [-0.4, -0.2) is 35.8 Å². The van der Waals surface area contributed by atoms with E-state index in [9.17, 15) is 14.4 Å². The quantitative estimate of drug-likeness (QED) is 0.482. The summed E-state index contributed by atoms with van der Waals surface area (Å²) in [7, 11) is 0. The number of ether oxygens (including phenoxy) is 1. The summed E-state index contributed by atoms with van der Waals surface area (Å²) in [6.45, 7) is 3.92. The van der Waals surface area contributed by atoms with Crippen LogP contribution in [0.5, 0.6) is 0 Å². The molecular weight excluding hydrogens is 344 g/mol. The summed E-state index contributed by atoms with van der Waals surface area (Å²) in [5.74, 6) is -1.19. The van der Waals surface area contributed by atoms with E-state index in [-0.39, 0.29) is 25.0 Å². The number of hydrogen-bond donors (Lipinski definition) is 1. The molecule has 1 heterocycles. The monoisotopic (exact) mass is 366 g/mol. The van der Waals surface area contributed by atoms with E-state index in [0.717, 1.165) is 22.4 Å². The molecule has 0 unspecified atom stereocenters. The molecule has 1 aliphatic heterocycles. The largest absolute Gasteiger partial charge is 0.460 e. The van der Waals surface area contributed by atoms with Gasteiger partial charge in [0, 0.05) is 5.69 Å². The predicted molar refractivity (Wildman–Crippen MR) is 102 cm³/mol. The second-order valence-electron chi connectivity index (χ2n) is 6.31. The number of amides is 2. The maximum absolute atomic E-state index is 12.5. The lowest BCUT2D eigenvalue weighted by molar-refractivity contribution is 0.0419. The summed E-state index contributed by atoms with van der Waals surface area (Å²) in [5.41, 5.74) is 9.73. The third-order valence-electron chi connectivity index (χ3n) is 4.82. The molecule has 3 rings (SSSR count). The average Bonchev–Trinajstić information content (AvgIpc) is 2.92. The number of fused-ring (bicyclic) bond motifs is 1. The van der Waals surface area contributed by atoms with E-state index in [1.165, 1.54) is 0 Å². The molecule has 27 heavy (non-hydrogen) atoms. The van der Waals surface area contributed by atoms with E-state index < -0.39 is 5.97 Å². The standard InChI is InChI=1S/C21H22N2O4/c1-3-13-14(4-2)18(22)10-9-17(13)21(26)27-12-11-23-19(24)15-7-5-6-8-16(15)20(23)25/h5-10H,3-4,11-12,22H2,1-2H3. The van der Waals surface area contributed by atoms with Crippen LogP contribution in [0.1, 0.15) is 56.0 Å². The Morgan fingerprint density at radius 3 is 2.11 bits per heavy atom. The normalized spacial score (nSPS) is 13.0. The molecule has 0 bridgehead atoms. The van der Waals surface area contributed by atoms with Crippen molar-refractivity contribution >= 4 is 23.5 Å². The number of nitrogen functional groups attached to an aromatic ring is 1. The third kappa shape index (κ3) is 3.30. The number of imide groups is 1. The molecule has 0 spiro atoms. The van der Waals surface area contributed by atoms with E-state index in [2.05, 4.69) is 0 Å². The van der Waals surface area contributed by atoms with Crippen LogP contribution in [0.2, 0.25) is 0 Å². The van der Waals surface area contributed by atoms with Crippen molar-refractivity contribution in [1.82, 2.24) is 4.90 Å². The molecule has 0 aromatic heterocycles. The van der Waals surface area contributed by atoms with Gasteiger partial charge in [-0.2, -0.15) is 0 Å². The highest BCUT2D eigenvalue weighted by atomic mass is 16.5. The van der Waals surface area contributed by atoms with Gasteiger partial charge < -0.3 is 10.5 Å². The first-order valence-corrected chi connectivity index (χ1v) is 9.02. The number of carbonyl (C=O) groups is 3. The SMILES string of the molecule is CCc1c(N)ccc(C(=O)OCCN2C(=O)c3ccccc3C2=O)c1CC. The zero-order valence-electron chi connectivity index (χ0n) is 15.5. The van der Waals surface area contributed by atoms with Gasteiger partial charge in [-0.1, -0.05) is 26.0 Å². The Kier molecular flexibility index (Phi) is 5.26. The van der Waals surface area contributed by atoms with Crippen LogP contribution in [0.25, 0.3) is 0 Å². The van der Waals surface area contributed by atoms with Gasteiger partial charge >= 0.3 is 5.97 Å². The Balaban J connectivity index is 1.68. The zero-order valence-corrected chi connectivity index (χ0v) is 15.5. The molecule has 140 valence electrons. The fourth-order valence-electron chi connectivity index (χ4n) is 3.47. The van der Waals surface area contributed by atoms with E-state index >= 15 is 0 Å². The number of esters is 1. The molecule has 2 aromatic rings. The summed E-state index contributed by atoms with van der Waals surface area (Å²) >= 11 is 0. The van der Waals surface area contributed by atoms with Crippen LogP contribution < -0.4 is 5.73 Å². The van der Waals surface area contributed by atoms with Crippen LogP contribution in [0.3, 0.4) is 0 Å². The Bertz CT molecular complexity index is 885. The summed E-state index contributed by atoms with van der Waals surface area (Å²) in [6.07, 6.45) is 1.39. The first-order valence-electron chi connectivity index (χ1n) is 9.02. The van der Waals surface area contributed by atoms with Crippen LogP contribution >= 0.6 is 0 Å². The minimum absolute atomic E-state index is 0.0230. The molecule has 0 radical (unpaired) electrons. The van der Waals surface area contributed by atoms with Gasteiger partial charge in [0.05, 0.1) is 23.2 Å². The van der Waals surface area contributed by atoms with Gasteiger partial charge in [0.15, 0.2) is 0 Å². The second kappa shape index (κ2) is 7.61. The number of nitrogens with zero attached hydrogens (tertiary/aromatic N) is 1. The van der Waals surface area contributed by atoms with Gasteiger partial charge in [-0.05, 0) is 48.2 Å². The Hall–Kier alpha value is -3.15. The highest BCUT2D eigenvalue weighted by molar-refractivity contribution is 6.21. The molecule has 6 nitrogen and oxygen atoms in total. The van der Waals surface area contributed by atoms with Crippen LogP contribution in [0.4, 0.5) is 5.69 Å². The highest BCUT2D eigenvalue weighted by Crippen LogP contribution is 2.24. The number of benzene rings is 2. The summed E-state index contributed by atoms with van der Waals surface area (Å²) in [4.78, 5) is 38.3. The van der Waals surface area contributed by atoms with Crippen LogP contribution in [0, 0.1) is 0 Å². The summed E-state index contributed by atoms with van der Waals surface area (Å²) in [6, 6.07) is 10.0. The first-order chi connectivity index (χ1) is 13.0. The molecule has 0 saturated heterocycles. The van der Waals surface area contributed by atoms with E-state index in [1.54, 1.807) is 36.4 Å². The molecule has 0 atom stereocenters. The van der Waals surface area contributed by atoms with E-state index in [0.29, 0.717) is 28.8 Å². The van der Waals surface area contributed by atoms with Crippen molar-refractivity contribution in [2.24, 2.45) is 0 Å². The van der Waals surface area contributed by atoms with Gasteiger partial charge in [0.2, 0.25) is 0 Å². The summed E-state index contributed by atoms with van der Waals surface area (Å²) < 4.78 is 5.34. The zero-order chi connectivity index (χ0) is 19.6. The summed E-state index contributed by atoms with van der Waals surface area (Å²) in [5, 5.41) is 0. The molecule has 2 N–H and O–H groups in total. The average molecular weight is 366 g/mol. The van der Waals surface area contributed by atoms with Gasteiger partial charge in [0.25, 0.3) is 11.8 Å². The van der Waals surface area contributed by atoms with Gasteiger partial charge in [-0.25, -0.2) is 4.79 Å². The van der Waals surface area contributed by atoms with Gasteiger partial charge in [-0.15, -0.1) is 0 Å². The topological polar surface area (TPSA) is 89.7 Å². The molecule has 6 heteroatoms. The fourth-order valence-corrected chi connectivity index (χ4v) is 3.47. The third-order valence-corrected chi connectivity index (χ3v) is 4.82. The number of rotatable bonds is 6. The maximum Gasteiger partial charge on any atom is 0.338 e. The van der Waals surface area contributed by atoms with Crippen molar-refractivity contribution in [3.05, 3.63) is 64.2 Å². The van der Waals surface area contributed by atoms with Crippen molar-refractivity contribution in [2.75, 3.05) is 18.9 Å². The molecule has 2 aromatic carbocycles. The molecule has 0 aliphatic carbocycles. The van der Waals surface area contributed by atoms with E-state index in [4.69, 9.17) is 10.5 Å². The molecule has 1 aliphatic rings. The predicted octanol–water partition coefficient (Wildman–Crippen LogP) is 2.85. The first kappa shape index (κ1) is 18.6. The fraction of sp³-hybridized carbons (Fsp3) is 0.286. The van der Waals surface area contributed by atoms with Crippen LogP contribution in [-0.2, 0) is 17.6 Å². The van der Waals surface area contributed by atoms with Crippen molar-refractivity contribution < 1.29 is 19.1 Å². The highest BCUT2D eigenvalue weighted by Gasteiger charge is 2.34. The smallest absolute Gasteiger partial charge is 0.338 e. The number of hydrogen-bond acceptors (Lipinski definition) is 5. The molecular formula is C21H22N2O4. The molecule has 0 fully saturated rings. The minimum atomic E-state index is -0.474. The molecule has 0 saturated carbocycles. The molecule has 2 amide bonds. The van der Waals surface area contributed by atoms with Crippen molar-refractivity contribution in [2.45, 2.75) is 26.7 Å². The van der Waals surface area contributed by atoms with Gasteiger partial charge in [-0.3, -0.25) is 14.5 Å². The number of nitrogens with two attached hydrogens (primary N) is 1.